The van der Waals surface area contributed by atoms with Crippen LogP contribution in [-0.4, -0.2) is 52.7 Å². The third-order valence-corrected chi connectivity index (χ3v) is 8.97. The Morgan fingerprint density at radius 1 is 1.03 bits per heavy atom. The molecular formula is C27H23F3N4O3S. The number of hydrogen-bond acceptors (Lipinski definition) is 6. The lowest BCUT2D eigenvalue weighted by Crippen LogP contribution is -2.30. The monoisotopic (exact) mass is 540 g/mol. The molecule has 0 bridgehead atoms. The van der Waals surface area contributed by atoms with Crippen LogP contribution in [0.4, 0.5) is 13.2 Å². The molecule has 1 saturated carbocycles. The SMILES string of the molecule is O=C(C1=CCc2ncc(-c3cnc(C4CC4)nc3)cc21)c1c(F)ccc(CS(=O)(=O)N2CCC(F)C2)c1F. The number of aromatic nitrogens is 3. The summed E-state index contributed by atoms with van der Waals surface area (Å²) in [6, 6.07) is 3.61. The molecule has 7 nitrogen and oxygen atoms in total. The summed E-state index contributed by atoms with van der Waals surface area (Å²) in [5, 5.41) is 0. The largest absolute Gasteiger partial charge is 0.288 e. The third kappa shape index (κ3) is 4.54. The number of allylic oxidation sites excluding steroid dienone is 2. The summed E-state index contributed by atoms with van der Waals surface area (Å²) in [6.07, 6.45) is 7.83. The van der Waals surface area contributed by atoms with Gasteiger partial charge in [-0.1, -0.05) is 12.1 Å². The number of ketones is 1. The Bertz CT molecular complexity index is 1590. The van der Waals surface area contributed by atoms with Crippen molar-refractivity contribution in [3.63, 3.8) is 0 Å². The molecule has 0 spiro atoms. The summed E-state index contributed by atoms with van der Waals surface area (Å²) in [7, 11) is -4.05. The lowest BCUT2D eigenvalue weighted by molar-refractivity contribution is 0.104. The molecular weight excluding hydrogens is 517 g/mol. The van der Waals surface area contributed by atoms with Gasteiger partial charge in [-0.25, -0.2) is 31.6 Å². The molecule has 1 atom stereocenters. The molecule has 0 amide bonds. The number of hydrogen-bond donors (Lipinski definition) is 0. The number of nitrogens with zero attached hydrogens (tertiary/aromatic N) is 4. The standard InChI is InChI=1S/C27H23F3N4O3S/c28-19-7-8-34(13-19)38(36,37)14-16-3-5-22(29)24(25(16)30)26(35)20-4-6-23-21(20)9-17(10-31-23)18-11-32-27(33-12-18)15-1-2-15/h3-5,9-12,15,19H,1-2,6-8,13-14H2. The van der Waals surface area contributed by atoms with Gasteiger partial charge in [0.15, 0.2) is 5.78 Å². The highest BCUT2D eigenvalue weighted by molar-refractivity contribution is 7.88. The third-order valence-electron chi connectivity index (χ3n) is 7.18. The quantitative estimate of drug-likeness (QED) is 0.413. The van der Waals surface area contributed by atoms with Crippen LogP contribution in [0.3, 0.4) is 0 Å². The highest BCUT2D eigenvalue weighted by Gasteiger charge is 2.34. The van der Waals surface area contributed by atoms with Gasteiger partial charge < -0.3 is 0 Å². The molecule has 1 unspecified atom stereocenters. The maximum absolute atomic E-state index is 15.5. The fourth-order valence-electron chi connectivity index (χ4n) is 4.89. The topological polar surface area (TPSA) is 93.1 Å². The van der Waals surface area contributed by atoms with E-state index in [2.05, 4.69) is 15.0 Å². The van der Waals surface area contributed by atoms with Crippen molar-refractivity contribution in [2.24, 2.45) is 0 Å². The molecule has 196 valence electrons. The van der Waals surface area contributed by atoms with Crippen molar-refractivity contribution in [2.75, 3.05) is 13.1 Å². The molecule has 0 radical (unpaired) electrons. The minimum atomic E-state index is -4.05. The van der Waals surface area contributed by atoms with Gasteiger partial charge in [-0.2, -0.15) is 4.31 Å². The molecule has 1 saturated heterocycles. The van der Waals surface area contributed by atoms with Gasteiger partial charge in [0.05, 0.1) is 17.0 Å². The van der Waals surface area contributed by atoms with Crippen LogP contribution in [-0.2, 0) is 22.2 Å². The van der Waals surface area contributed by atoms with Gasteiger partial charge in [0.1, 0.15) is 23.6 Å². The second kappa shape index (κ2) is 9.39. The van der Waals surface area contributed by atoms with E-state index in [0.29, 0.717) is 34.7 Å². The molecule has 11 heteroatoms. The highest BCUT2D eigenvalue weighted by Crippen LogP contribution is 2.38. The first kappa shape index (κ1) is 24.9. The van der Waals surface area contributed by atoms with Crippen LogP contribution in [0, 0.1) is 11.6 Å². The lowest BCUT2D eigenvalue weighted by Gasteiger charge is -2.16. The molecule has 2 fully saturated rings. The van der Waals surface area contributed by atoms with Gasteiger partial charge in [-0.15, -0.1) is 0 Å². The number of fused-ring (bicyclic) bond motifs is 1. The number of benzene rings is 1. The Labute approximate surface area is 217 Å². The first-order chi connectivity index (χ1) is 18.2. The fourth-order valence-corrected chi connectivity index (χ4v) is 6.46. The van der Waals surface area contributed by atoms with Crippen LogP contribution in [0.5, 0.6) is 0 Å². The molecule has 1 aromatic carbocycles. The van der Waals surface area contributed by atoms with Gasteiger partial charge >= 0.3 is 0 Å². The zero-order valence-corrected chi connectivity index (χ0v) is 21.0. The summed E-state index contributed by atoms with van der Waals surface area (Å²) in [4.78, 5) is 26.7. The van der Waals surface area contributed by atoms with Crippen molar-refractivity contribution < 1.29 is 26.4 Å². The first-order valence-corrected chi connectivity index (χ1v) is 14.0. The van der Waals surface area contributed by atoms with Gasteiger partial charge in [0, 0.05) is 71.8 Å². The molecule has 1 aliphatic heterocycles. The summed E-state index contributed by atoms with van der Waals surface area (Å²) in [5.74, 6) is -2.84. The van der Waals surface area contributed by atoms with E-state index in [-0.39, 0.29) is 30.6 Å². The van der Waals surface area contributed by atoms with E-state index in [9.17, 15) is 22.0 Å². The zero-order chi connectivity index (χ0) is 26.6. The van der Waals surface area contributed by atoms with E-state index in [1.165, 1.54) is 0 Å². The van der Waals surface area contributed by atoms with Gasteiger partial charge in [0.2, 0.25) is 10.0 Å². The molecule has 2 aromatic heterocycles. The van der Waals surface area contributed by atoms with Crippen molar-refractivity contribution in [3.05, 3.63) is 82.7 Å². The van der Waals surface area contributed by atoms with Crippen LogP contribution in [0.2, 0.25) is 0 Å². The van der Waals surface area contributed by atoms with E-state index < -0.39 is 44.9 Å². The lowest BCUT2D eigenvalue weighted by atomic mass is 9.96. The Kier molecular flexibility index (Phi) is 6.14. The number of pyridine rings is 1. The van der Waals surface area contributed by atoms with Crippen LogP contribution >= 0.6 is 0 Å². The molecule has 0 N–H and O–H groups in total. The first-order valence-electron chi connectivity index (χ1n) is 12.4. The molecule has 3 aliphatic rings. The Balaban J connectivity index is 1.29. The second-order valence-electron chi connectivity index (χ2n) is 9.87. The molecule has 3 aromatic rings. The Hall–Kier alpha value is -3.44. The average molecular weight is 541 g/mol. The summed E-state index contributed by atoms with van der Waals surface area (Å²) in [5.41, 5.74) is 1.29. The predicted octanol–water partition coefficient (Wildman–Crippen LogP) is 4.39. The molecule has 38 heavy (non-hydrogen) atoms. The van der Waals surface area contributed by atoms with Gasteiger partial charge in [0.25, 0.3) is 0 Å². The molecule has 2 aliphatic carbocycles. The van der Waals surface area contributed by atoms with Crippen LogP contribution < -0.4 is 0 Å². The zero-order valence-electron chi connectivity index (χ0n) is 20.2. The molecule has 3 heterocycles. The summed E-state index contributed by atoms with van der Waals surface area (Å²) >= 11 is 0. The van der Waals surface area contributed by atoms with E-state index in [1.54, 1.807) is 30.7 Å². The number of Topliss-reactive ketones (excluding diaryl/α,β-unsaturated/α-hetero) is 1. The second-order valence-corrected chi connectivity index (χ2v) is 11.8. The minimum absolute atomic E-state index is 0.00848. The number of rotatable bonds is 7. The van der Waals surface area contributed by atoms with Crippen molar-refractivity contribution >= 4 is 21.4 Å². The van der Waals surface area contributed by atoms with Crippen LogP contribution in [0.15, 0.2) is 42.9 Å². The number of sulfonamides is 1. The smallest absolute Gasteiger partial charge is 0.218 e. The van der Waals surface area contributed by atoms with Crippen molar-refractivity contribution in [1.29, 1.82) is 0 Å². The van der Waals surface area contributed by atoms with E-state index in [1.807, 2.05) is 0 Å². The maximum atomic E-state index is 15.5. The van der Waals surface area contributed by atoms with Crippen LogP contribution in [0.1, 0.15) is 58.2 Å². The maximum Gasteiger partial charge on any atom is 0.218 e. The number of halogens is 3. The Morgan fingerprint density at radius 3 is 2.45 bits per heavy atom. The summed E-state index contributed by atoms with van der Waals surface area (Å²) < 4.78 is 70.2. The van der Waals surface area contributed by atoms with Crippen molar-refractivity contribution in [1.82, 2.24) is 19.3 Å². The van der Waals surface area contributed by atoms with Crippen LogP contribution in [0.25, 0.3) is 16.7 Å². The minimum Gasteiger partial charge on any atom is -0.288 e. The van der Waals surface area contributed by atoms with Gasteiger partial charge in [-0.05, 0) is 31.4 Å². The number of carbonyl (C=O) groups excluding carboxylic acids is 1. The fraction of sp³-hybridized carbons (Fsp3) is 0.333. The Morgan fingerprint density at radius 2 is 1.76 bits per heavy atom. The predicted molar refractivity (Wildman–Crippen MR) is 133 cm³/mol. The van der Waals surface area contributed by atoms with Crippen molar-refractivity contribution in [2.45, 2.75) is 43.5 Å². The van der Waals surface area contributed by atoms with Crippen molar-refractivity contribution in [3.8, 4) is 11.1 Å². The number of carbonyl (C=O) groups is 1. The average Bonchev–Trinajstić information content (AvgIpc) is 3.51. The van der Waals surface area contributed by atoms with Gasteiger partial charge in [-0.3, -0.25) is 9.78 Å². The normalized spacial score (nSPS) is 19.4. The van der Waals surface area contributed by atoms with E-state index in [4.69, 9.17) is 0 Å². The number of alkyl halides is 1. The highest BCUT2D eigenvalue weighted by atomic mass is 32.2. The summed E-state index contributed by atoms with van der Waals surface area (Å²) in [6.45, 7) is -0.310. The van der Waals surface area contributed by atoms with E-state index in [0.717, 1.165) is 35.1 Å². The molecule has 6 rings (SSSR count). The van der Waals surface area contributed by atoms with E-state index >= 15 is 4.39 Å².